The van der Waals surface area contributed by atoms with Crippen molar-refractivity contribution < 1.29 is 14.4 Å². The van der Waals surface area contributed by atoms with E-state index in [1.807, 2.05) is 13.8 Å². The highest BCUT2D eigenvalue weighted by Crippen LogP contribution is 2.16. The molecule has 5 nitrogen and oxygen atoms in total. The van der Waals surface area contributed by atoms with E-state index >= 15 is 0 Å². The van der Waals surface area contributed by atoms with Crippen LogP contribution >= 0.6 is 0 Å². The molecular formula is C10H18N2O3. The largest absolute Gasteiger partial charge is 0.396 e. The highest BCUT2D eigenvalue weighted by Gasteiger charge is 2.22. The van der Waals surface area contributed by atoms with Crippen molar-refractivity contribution >= 4 is 12.4 Å². The maximum absolute atomic E-state index is 5.60. The minimum Gasteiger partial charge on any atom is -0.396 e. The van der Waals surface area contributed by atoms with Crippen LogP contribution in [0.25, 0.3) is 0 Å². The van der Waals surface area contributed by atoms with Gasteiger partial charge in [0.2, 0.25) is 0 Å². The Morgan fingerprint density at radius 1 is 1.07 bits per heavy atom. The highest BCUT2D eigenvalue weighted by atomic mass is 16.6. The van der Waals surface area contributed by atoms with Crippen molar-refractivity contribution in [3.05, 3.63) is 0 Å². The monoisotopic (exact) mass is 214 g/mol. The third-order valence-corrected chi connectivity index (χ3v) is 1.95. The van der Waals surface area contributed by atoms with Crippen molar-refractivity contribution in [2.24, 2.45) is 10.3 Å². The minimum atomic E-state index is 0.0367. The fraction of sp³-hybridized carbons (Fsp3) is 0.800. The maximum Gasteiger partial charge on any atom is 0.114 e. The molecule has 0 aromatic heterocycles. The van der Waals surface area contributed by atoms with Gasteiger partial charge in [-0.05, 0) is 26.7 Å². The molecule has 0 aromatic carbocycles. The fourth-order valence-electron chi connectivity index (χ4n) is 1.28. The zero-order chi connectivity index (χ0) is 10.9. The van der Waals surface area contributed by atoms with Crippen LogP contribution in [-0.4, -0.2) is 37.9 Å². The van der Waals surface area contributed by atoms with E-state index in [1.165, 1.54) is 0 Å². The van der Waals surface area contributed by atoms with Crippen LogP contribution < -0.4 is 0 Å². The van der Waals surface area contributed by atoms with Gasteiger partial charge in [0.05, 0.1) is 24.6 Å². The first-order valence-electron chi connectivity index (χ1n) is 5.33. The molecule has 1 rings (SSSR count). The normalized spacial score (nSPS) is 26.5. The Balaban J connectivity index is 2.20. The lowest BCUT2D eigenvalue weighted by Crippen LogP contribution is -2.13. The van der Waals surface area contributed by atoms with Gasteiger partial charge >= 0.3 is 0 Å². The molecule has 1 saturated heterocycles. The molecule has 1 fully saturated rings. The molecule has 15 heavy (non-hydrogen) atoms. The minimum absolute atomic E-state index is 0.0367. The van der Waals surface area contributed by atoms with Crippen LogP contribution in [0.15, 0.2) is 10.3 Å². The molecule has 0 amide bonds. The third-order valence-electron chi connectivity index (χ3n) is 1.95. The molecule has 1 heterocycles. The molecule has 86 valence electrons. The molecule has 0 spiro atoms. The Kier molecular flexibility index (Phi) is 5.77. The second-order valence-corrected chi connectivity index (χ2v) is 3.13. The summed E-state index contributed by atoms with van der Waals surface area (Å²) in [6, 6.07) is 0. The molecule has 1 aliphatic rings. The fourth-order valence-corrected chi connectivity index (χ4v) is 1.28. The van der Waals surface area contributed by atoms with Crippen LogP contribution in [0.3, 0.4) is 0 Å². The van der Waals surface area contributed by atoms with Crippen molar-refractivity contribution in [3.8, 4) is 0 Å². The van der Waals surface area contributed by atoms with Gasteiger partial charge in [-0.25, -0.2) is 0 Å². The van der Waals surface area contributed by atoms with Gasteiger partial charge in [-0.2, -0.15) is 0 Å². The number of hydrogen-bond donors (Lipinski definition) is 0. The first-order chi connectivity index (χ1) is 7.36. The number of rotatable bonds is 6. The van der Waals surface area contributed by atoms with E-state index in [9.17, 15) is 0 Å². The average Bonchev–Trinajstić information content (AvgIpc) is 2.67. The molecule has 1 aliphatic heterocycles. The summed E-state index contributed by atoms with van der Waals surface area (Å²) in [7, 11) is 0. The molecule has 0 N–H and O–H groups in total. The van der Waals surface area contributed by atoms with Gasteiger partial charge < -0.3 is 14.4 Å². The Labute approximate surface area is 90.1 Å². The SMILES string of the molecule is CCON=CC1CCC(/C=N\OCC)O1. The van der Waals surface area contributed by atoms with E-state index in [-0.39, 0.29) is 12.2 Å². The van der Waals surface area contributed by atoms with Crippen LogP contribution in [0.1, 0.15) is 26.7 Å². The van der Waals surface area contributed by atoms with E-state index in [2.05, 4.69) is 10.3 Å². The maximum atomic E-state index is 5.60. The highest BCUT2D eigenvalue weighted by molar-refractivity contribution is 5.67. The van der Waals surface area contributed by atoms with E-state index < -0.39 is 0 Å². The van der Waals surface area contributed by atoms with E-state index in [4.69, 9.17) is 14.4 Å². The average molecular weight is 214 g/mol. The summed E-state index contributed by atoms with van der Waals surface area (Å²) in [6.07, 6.45) is 5.35. The van der Waals surface area contributed by atoms with Crippen LogP contribution in [-0.2, 0) is 14.4 Å². The molecule has 0 radical (unpaired) electrons. The third kappa shape index (κ3) is 4.78. The van der Waals surface area contributed by atoms with Crippen molar-refractivity contribution in [3.63, 3.8) is 0 Å². The summed E-state index contributed by atoms with van der Waals surface area (Å²) in [5.74, 6) is 0. The van der Waals surface area contributed by atoms with Crippen LogP contribution in [0.5, 0.6) is 0 Å². The summed E-state index contributed by atoms with van der Waals surface area (Å²) >= 11 is 0. The number of oxime groups is 2. The van der Waals surface area contributed by atoms with E-state index in [1.54, 1.807) is 12.4 Å². The van der Waals surface area contributed by atoms with Crippen LogP contribution in [0.4, 0.5) is 0 Å². The summed E-state index contributed by atoms with van der Waals surface area (Å²) in [6.45, 7) is 4.95. The number of ether oxygens (including phenoxy) is 1. The zero-order valence-corrected chi connectivity index (χ0v) is 9.26. The molecule has 5 heteroatoms. The summed E-state index contributed by atoms with van der Waals surface area (Å²) in [5, 5.41) is 7.55. The molecular weight excluding hydrogens is 196 g/mol. The standard InChI is InChI=1S/C10H18N2O3/c1-3-13-11-7-9-5-6-10(15-9)8-12-14-4-2/h7-10H,3-6H2,1-2H3/b11-7-,12-8?. The van der Waals surface area contributed by atoms with Gasteiger partial charge in [-0.1, -0.05) is 10.3 Å². The van der Waals surface area contributed by atoms with Gasteiger partial charge in [0.25, 0.3) is 0 Å². The van der Waals surface area contributed by atoms with Gasteiger partial charge in [-0.3, -0.25) is 0 Å². The lowest BCUT2D eigenvalue weighted by Gasteiger charge is -2.04. The molecule has 0 saturated carbocycles. The first kappa shape index (κ1) is 12.0. The van der Waals surface area contributed by atoms with Crippen molar-refractivity contribution in [1.82, 2.24) is 0 Å². The van der Waals surface area contributed by atoms with E-state index in [0.717, 1.165) is 12.8 Å². The second-order valence-electron chi connectivity index (χ2n) is 3.13. The van der Waals surface area contributed by atoms with Crippen molar-refractivity contribution in [2.45, 2.75) is 38.9 Å². The van der Waals surface area contributed by atoms with Gasteiger partial charge in [0.15, 0.2) is 0 Å². The van der Waals surface area contributed by atoms with Gasteiger partial charge in [0.1, 0.15) is 13.2 Å². The first-order valence-corrected chi connectivity index (χ1v) is 5.33. The van der Waals surface area contributed by atoms with Gasteiger partial charge in [-0.15, -0.1) is 0 Å². The van der Waals surface area contributed by atoms with Crippen LogP contribution in [0, 0.1) is 0 Å². The van der Waals surface area contributed by atoms with Crippen LogP contribution in [0.2, 0.25) is 0 Å². The quantitative estimate of drug-likeness (QED) is 0.498. The van der Waals surface area contributed by atoms with E-state index in [0.29, 0.717) is 13.2 Å². The number of nitrogens with zero attached hydrogens (tertiary/aromatic N) is 2. The Bertz CT molecular complexity index is 197. The second kappa shape index (κ2) is 7.23. The summed E-state index contributed by atoms with van der Waals surface area (Å²) in [4.78, 5) is 9.72. The molecule has 2 atom stereocenters. The Hall–Kier alpha value is -1.10. The smallest absolute Gasteiger partial charge is 0.114 e. The summed E-state index contributed by atoms with van der Waals surface area (Å²) in [5.41, 5.74) is 0. The number of hydrogen-bond acceptors (Lipinski definition) is 5. The zero-order valence-electron chi connectivity index (χ0n) is 9.26. The summed E-state index contributed by atoms with van der Waals surface area (Å²) < 4.78 is 5.60. The Morgan fingerprint density at radius 3 is 1.93 bits per heavy atom. The predicted octanol–water partition coefficient (Wildman–Crippen LogP) is 1.58. The molecule has 0 aliphatic carbocycles. The van der Waals surface area contributed by atoms with Gasteiger partial charge in [0, 0.05) is 0 Å². The predicted molar refractivity (Wildman–Crippen MR) is 58.1 cm³/mol. The molecule has 0 bridgehead atoms. The Morgan fingerprint density at radius 2 is 1.53 bits per heavy atom. The van der Waals surface area contributed by atoms with Crippen molar-refractivity contribution in [2.75, 3.05) is 13.2 Å². The lowest BCUT2D eigenvalue weighted by molar-refractivity contribution is 0.112. The van der Waals surface area contributed by atoms with Crippen molar-refractivity contribution in [1.29, 1.82) is 0 Å². The molecule has 2 unspecified atom stereocenters. The lowest BCUT2D eigenvalue weighted by atomic mass is 10.2. The molecule has 0 aromatic rings. The topological polar surface area (TPSA) is 52.4 Å².